The number of nitrogens with one attached hydrogen (secondary N) is 1. The van der Waals surface area contributed by atoms with Crippen molar-refractivity contribution in [2.45, 2.75) is 63.9 Å². The van der Waals surface area contributed by atoms with Gasteiger partial charge in [-0.25, -0.2) is 0 Å². The van der Waals surface area contributed by atoms with Crippen LogP contribution < -0.4 is 14.8 Å². The number of thioether (sulfide) groups is 1. The Bertz CT molecular complexity index is 811. The van der Waals surface area contributed by atoms with Gasteiger partial charge in [0.05, 0.1) is 12.9 Å². The third-order valence-corrected chi connectivity index (χ3v) is 6.29. The van der Waals surface area contributed by atoms with Crippen LogP contribution in [0.4, 0.5) is 0 Å². The van der Waals surface area contributed by atoms with Gasteiger partial charge in [-0.05, 0) is 37.8 Å². The van der Waals surface area contributed by atoms with Gasteiger partial charge in [0.2, 0.25) is 5.91 Å². The molecule has 8 heteroatoms. The Hall–Kier alpha value is -2.22. The van der Waals surface area contributed by atoms with Crippen molar-refractivity contribution in [2.75, 3.05) is 12.9 Å². The summed E-state index contributed by atoms with van der Waals surface area (Å²) >= 11 is 1.42. The minimum Gasteiger partial charge on any atom is -0.493 e. The number of nitrogens with zero attached hydrogens (tertiary/aromatic N) is 3. The number of hydrogen-bond donors (Lipinski definition) is 1. The van der Waals surface area contributed by atoms with Crippen molar-refractivity contribution in [3.8, 4) is 11.5 Å². The van der Waals surface area contributed by atoms with Crippen molar-refractivity contribution in [1.82, 2.24) is 20.1 Å². The Labute approximate surface area is 176 Å². The summed E-state index contributed by atoms with van der Waals surface area (Å²) in [7, 11) is 1.62. The summed E-state index contributed by atoms with van der Waals surface area (Å²) in [5, 5.41) is 12.4. The standard InChI is InChI=1S/C21H30N4O3S/c1-4-25-19(13-28-18-12-8-7-11-17(18)27-3)23-24-21(25)29-14-20(26)22-16-10-6-5-9-15(16)2/h7-8,11-12,15-16H,4-6,9-10,13-14H2,1-3H3,(H,22,26)/t15-,16-/m1/s1. The minimum absolute atomic E-state index is 0.0613. The van der Waals surface area contributed by atoms with E-state index < -0.39 is 0 Å². The first-order chi connectivity index (χ1) is 14.1. The van der Waals surface area contributed by atoms with E-state index in [1.54, 1.807) is 7.11 Å². The van der Waals surface area contributed by atoms with Crippen LogP contribution in [0.25, 0.3) is 0 Å². The first-order valence-corrected chi connectivity index (χ1v) is 11.2. The highest BCUT2D eigenvalue weighted by Gasteiger charge is 2.23. The fourth-order valence-electron chi connectivity index (χ4n) is 3.64. The van der Waals surface area contributed by atoms with Crippen LogP contribution in [0.2, 0.25) is 0 Å². The second kappa shape index (κ2) is 10.5. The molecule has 0 saturated heterocycles. The summed E-state index contributed by atoms with van der Waals surface area (Å²) in [5.74, 6) is 3.02. The van der Waals surface area contributed by atoms with Crippen molar-refractivity contribution in [3.05, 3.63) is 30.1 Å². The van der Waals surface area contributed by atoms with Crippen LogP contribution in [0.1, 0.15) is 45.4 Å². The third kappa shape index (κ3) is 5.65. The van der Waals surface area contributed by atoms with Crippen LogP contribution in [0.15, 0.2) is 29.4 Å². The molecule has 1 aliphatic carbocycles. The molecular weight excluding hydrogens is 388 g/mol. The van der Waals surface area contributed by atoms with Crippen molar-refractivity contribution in [2.24, 2.45) is 5.92 Å². The molecule has 0 radical (unpaired) electrons. The maximum Gasteiger partial charge on any atom is 0.230 e. The van der Waals surface area contributed by atoms with Crippen LogP contribution in [0.3, 0.4) is 0 Å². The third-order valence-electron chi connectivity index (χ3n) is 5.33. The van der Waals surface area contributed by atoms with E-state index in [0.717, 1.165) is 17.4 Å². The molecule has 1 saturated carbocycles. The number of amides is 1. The molecule has 1 amide bonds. The molecule has 1 aliphatic rings. The smallest absolute Gasteiger partial charge is 0.230 e. The van der Waals surface area contributed by atoms with Crippen LogP contribution in [0.5, 0.6) is 11.5 Å². The van der Waals surface area contributed by atoms with E-state index in [9.17, 15) is 4.79 Å². The molecule has 0 aliphatic heterocycles. The van der Waals surface area contributed by atoms with Crippen LogP contribution in [-0.2, 0) is 17.9 Å². The Morgan fingerprint density at radius 1 is 1.24 bits per heavy atom. The number of ether oxygens (including phenoxy) is 2. The fourth-order valence-corrected chi connectivity index (χ4v) is 4.47. The van der Waals surface area contributed by atoms with E-state index in [4.69, 9.17) is 9.47 Å². The fraction of sp³-hybridized carbons (Fsp3) is 0.571. The highest BCUT2D eigenvalue weighted by atomic mass is 32.2. The zero-order valence-electron chi connectivity index (χ0n) is 17.4. The van der Waals surface area contributed by atoms with E-state index in [1.807, 2.05) is 35.8 Å². The van der Waals surface area contributed by atoms with E-state index in [2.05, 4.69) is 22.4 Å². The predicted octanol–water partition coefficient (Wildman–Crippen LogP) is 3.67. The number of rotatable bonds is 9. The SMILES string of the molecule is CCn1c(COc2ccccc2OC)nnc1SCC(=O)N[C@@H]1CCCC[C@H]1C. The molecule has 1 aromatic carbocycles. The van der Waals surface area contributed by atoms with E-state index >= 15 is 0 Å². The van der Waals surface area contributed by atoms with Gasteiger partial charge in [-0.2, -0.15) is 0 Å². The van der Waals surface area contributed by atoms with E-state index in [-0.39, 0.29) is 12.5 Å². The first-order valence-electron chi connectivity index (χ1n) is 10.2. The molecule has 2 aromatic rings. The number of hydrogen-bond acceptors (Lipinski definition) is 6. The van der Waals surface area contributed by atoms with Gasteiger partial charge in [-0.3, -0.25) is 4.79 Å². The van der Waals surface area contributed by atoms with Gasteiger partial charge in [0, 0.05) is 12.6 Å². The molecule has 1 N–H and O–H groups in total. The molecule has 3 rings (SSSR count). The quantitative estimate of drug-likeness (QED) is 0.626. The summed E-state index contributed by atoms with van der Waals surface area (Å²) in [6.07, 6.45) is 4.73. The van der Waals surface area contributed by atoms with Crippen molar-refractivity contribution in [1.29, 1.82) is 0 Å². The lowest BCUT2D eigenvalue weighted by Gasteiger charge is -2.29. The van der Waals surface area contributed by atoms with Crippen LogP contribution in [-0.4, -0.2) is 39.6 Å². The first kappa shape index (κ1) is 21.5. The largest absolute Gasteiger partial charge is 0.493 e. The maximum absolute atomic E-state index is 12.4. The predicted molar refractivity (Wildman–Crippen MR) is 113 cm³/mol. The Balaban J connectivity index is 1.55. The second-order valence-electron chi connectivity index (χ2n) is 7.31. The zero-order valence-corrected chi connectivity index (χ0v) is 18.2. The summed E-state index contributed by atoms with van der Waals surface area (Å²) in [5.41, 5.74) is 0. The molecule has 29 heavy (non-hydrogen) atoms. The normalized spacial score (nSPS) is 19.0. The highest BCUT2D eigenvalue weighted by Crippen LogP contribution is 2.27. The molecule has 7 nitrogen and oxygen atoms in total. The van der Waals surface area contributed by atoms with Crippen LogP contribution >= 0.6 is 11.8 Å². The average molecular weight is 419 g/mol. The lowest BCUT2D eigenvalue weighted by atomic mass is 9.86. The van der Waals surface area contributed by atoms with Gasteiger partial charge >= 0.3 is 0 Å². The van der Waals surface area contributed by atoms with Gasteiger partial charge in [0.25, 0.3) is 0 Å². The monoisotopic (exact) mass is 418 g/mol. The Morgan fingerprint density at radius 3 is 2.72 bits per heavy atom. The van der Waals surface area contributed by atoms with Crippen molar-refractivity contribution < 1.29 is 14.3 Å². The van der Waals surface area contributed by atoms with Gasteiger partial charge in [-0.1, -0.05) is 43.7 Å². The summed E-state index contributed by atoms with van der Waals surface area (Å²) in [6, 6.07) is 7.81. The summed E-state index contributed by atoms with van der Waals surface area (Å²) < 4.78 is 13.2. The van der Waals surface area contributed by atoms with E-state index in [1.165, 1.54) is 31.0 Å². The van der Waals surface area contributed by atoms with Crippen molar-refractivity contribution in [3.63, 3.8) is 0 Å². The lowest BCUT2D eigenvalue weighted by molar-refractivity contribution is -0.119. The summed E-state index contributed by atoms with van der Waals surface area (Å²) in [4.78, 5) is 12.4. The van der Waals surface area contributed by atoms with Crippen LogP contribution in [0, 0.1) is 5.92 Å². The topological polar surface area (TPSA) is 78.3 Å². The molecule has 1 fully saturated rings. The van der Waals surface area contributed by atoms with Crippen molar-refractivity contribution >= 4 is 17.7 Å². The molecule has 158 valence electrons. The summed E-state index contributed by atoms with van der Waals surface area (Å²) in [6.45, 7) is 5.25. The van der Waals surface area contributed by atoms with Gasteiger partial charge in [0.15, 0.2) is 22.5 Å². The van der Waals surface area contributed by atoms with Gasteiger partial charge in [-0.15, -0.1) is 10.2 Å². The van der Waals surface area contributed by atoms with Gasteiger partial charge < -0.3 is 19.4 Å². The number of benzene rings is 1. The number of carbonyl (C=O) groups is 1. The zero-order chi connectivity index (χ0) is 20.6. The molecule has 1 heterocycles. The molecule has 2 atom stereocenters. The maximum atomic E-state index is 12.4. The Kier molecular flexibility index (Phi) is 7.80. The molecule has 0 bridgehead atoms. The van der Waals surface area contributed by atoms with Gasteiger partial charge in [0.1, 0.15) is 6.61 Å². The second-order valence-corrected chi connectivity index (χ2v) is 8.25. The minimum atomic E-state index is 0.0613. The molecule has 1 aromatic heterocycles. The number of methoxy groups -OCH3 is 1. The molecule has 0 spiro atoms. The van der Waals surface area contributed by atoms with E-state index in [0.29, 0.717) is 35.8 Å². The highest BCUT2D eigenvalue weighted by molar-refractivity contribution is 7.99. The number of carbonyl (C=O) groups excluding carboxylic acids is 1. The number of para-hydroxylation sites is 2. The number of aromatic nitrogens is 3. The lowest BCUT2D eigenvalue weighted by Crippen LogP contribution is -2.41. The molecular formula is C21H30N4O3S. The Morgan fingerprint density at radius 2 is 2.00 bits per heavy atom. The molecule has 0 unspecified atom stereocenters. The average Bonchev–Trinajstić information content (AvgIpc) is 3.14.